The van der Waals surface area contributed by atoms with Crippen LogP contribution >= 0.6 is 0 Å². The Kier molecular flexibility index (Phi) is 9.15. The highest BCUT2D eigenvalue weighted by Crippen LogP contribution is 2.38. The number of rotatable bonds is 9. The zero-order valence-electron chi connectivity index (χ0n) is 23.6. The van der Waals surface area contributed by atoms with E-state index in [1.54, 1.807) is 16.9 Å². The number of methoxy groups -OCH3 is 1. The van der Waals surface area contributed by atoms with Crippen LogP contribution in [0.25, 0.3) is 0 Å². The zero-order chi connectivity index (χ0) is 28.1. The number of benzene rings is 1. The van der Waals surface area contributed by atoms with Crippen LogP contribution in [0.4, 0.5) is 0 Å². The molecule has 1 saturated carbocycles. The third-order valence-electron chi connectivity index (χ3n) is 9.03. The second-order valence-corrected chi connectivity index (χ2v) is 11.7. The lowest BCUT2D eigenvalue weighted by Crippen LogP contribution is -2.57. The molecule has 1 aromatic rings. The van der Waals surface area contributed by atoms with Crippen molar-refractivity contribution in [3.05, 3.63) is 23.8 Å². The van der Waals surface area contributed by atoms with Crippen LogP contribution in [-0.2, 0) is 14.4 Å². The Hall–Kier alpha value is -2.85. The lowest BCUT2D eigenvalue weighted by Gasteiger charge is -2.40. The van der Waals surface area contributed by atoms with Gasteiger partial charge in [0.2, 0.25) is 11.5 Å². The molecule has 2 atom stereocenters. The lowest BCUT2D eigenvalue weighted by molar-refractivity contribution is -0.166. The van der Waals surface area contributed by atoms with Crippen LogP contribution in [0, 0.1) is 5.92 Å². The summed E-state index contributed by atoms with van der Waals surface area (Å²) in [6, 6.07) is 5.31. The molecule has 2 saturated heterocycles. The van der Waals surface area contributed by atoms with Crippen LogP contribution in [0.5, 0.6) is 11.5 Å². The van der Waals surface area contributed by atoms with Gasteiger partial charge in [-0.2, -0.15) is 0 Å². The minimum absolute atomic E-state index is 0.122. The van der Waals surface area contributed by atoms with Crippen molar-refractivity contribution in [2.24, 2.45) is 11.1 Å². The first-order valence-corrected chi connectivity index (χ1v) is 14.9. The van der Waals surface area contributed by atoms with Gasteiger partial charge in [0.05, 0.1) is 38.0 Å². The number of aliphatic hydroxyl groups is 2. The van der Waals surface area contributed by atoms with Crippen LogP contribution in [0.3, 0.4) is 0 Å². The number of carbonyl (C=O) groups is 2. The van der Waals surface area contributed by atoms with Crippen molar-refractivity contribution in [1.82, 2.24) is 9.80 Å². The maximum Gasteiger partial charge on any atom is 0.270 e. The summed E-state index contributed by atoms with van der Waals surface area (Å²) in [5.74, 6) is 1.03. The first kappa shape index (κ1) is 28.7. The Morgan fingerprint density at radius 3 is 2.45 bits per heavy atom. The number of hydrogen-bond donors (Lipinski definition) is 2. The highest BCUT2D eigenvalue weighted by atomic mass is 16.7. The molecule has 4 aliphatic rings. The molecule has 2 unspecified atom stereocenters. The fourth-order valence-electron chi connectivity index (χ4n) is 6.49. The van der Waals surface area contributed by atoms with Gasteiger partial charge in [-0.1, -0.05) is 5.16 Å². The average Bonchev–Trinajstić information content (AvgIpc) is 3.67. The van der Waals surface area contributed by atoms with E-state index in [0.717, 1.165) is 63.4 Å². The SMILES string of the molecule is COc1ccc(C2=NOC(CC(=O)N3CCC(CO)CC3)(C(=O)N3CCCCC3CO)C2)cc1OC1CCCC1. The third-order valence-corrected chi connectivity index (χ3v) is 9.03. The first-order chi connectivity index (χ1) is 19.5. The number of aliphatic hydroxyl groups excluding tert-OH is 2. The number of piperidine rings is 2. The van der Waals surface area contributed by atoms with Gasteiger partial charge < -0.3 is 34.3 Å². The highest BCUT2D eigenvalue weighted by molar-refractivity contribution is 6.07. The molecule has 0 spiro atoms. The Labute approximate surface area is 236 Å². The molecule has 2 amide bonds. The van der Waals surface area contributed by atoms with E-state index in [0.29, 0.717) is 36.8 Å². The maximum atomic E-state index is 14.2. The summed E-state index contributed by atoms with van der Waals surface area (Å²) in [7, 11) is 1.61. The summed E-state index contributed by atoms with van der Waals surface area (Å²) < 4.78 is 11.8. The summed E-state index contributed by atoms with van der Waals surface area (Å²) in [6.07, 6.45) is 8.46. The molecule has 2 N–H and O–H groups in total. The molecule has 10 nitrogen and oxygen atoms in total. The molecule has 5 rings (SSSR count). The smallest absolute Gasteiger partial charge is 0.270 e. The standard InChI is InChI=1S/C30H43N3O7/c1-38-26-10-9-22(16-27(26)39-24-7-2-3-8-24)25-17-30(40-31-25,29(37)33-13-5-4-6-23(33)20-35)18-28(36)32-14-11-21(19-34)12-15-32/h9-10,16,21,23-24,34-35H,2-8,11-15,17-20H2,1H3. The molecule has 3 fully saturated rings. The number of hydrogen-bond acceptors (Lipinski definition) is 8. The number of oxime groups is 1. The van der Waals surface area contributed by atoms with Gasteiger partial charge in [0, 0.05) is 38.2 Å². The molecular weight excluding hydrogens is 514 g/mol. The van der Waals surface area contributed by atoms with Crippen molar-refractivity contribution in [3.63, 3.8) is 0 Å². The third kappa shape index (κ3) is 6.07. The van der Waals surface area contributed by atoms with Crippen LogP contribution in [0.1, 0.15) is 76.2 Å². The molecule has 1 aliphatic carbocycles. The normalized spacial score (nSPS) is 26.0. The predicted octanol–water partition coefficient (Wildman–Crippen LogP) is 2.87. The van der Waals surface area contributed by atoms with Crippen molar-refractivity contribution < 1.29 is 34.1 Å². The number of nitrogens with zero attached hydrogens (tertiary/aromatic N) is 3. The van der Waals surface area contributed by atoms with Crippen molar-refractivity contribution in [2.75, 3.05) is 40.0 Å². The van der Waals surface area contributed by atoms with E-state index in [1.165, 1.54) is 0 Å². The predicted molar refractivity (Wildman–Crippen MR) is 148 cm³/mol. The largest absolute Gasteiger partial charge is 0.493 e. The Morgan fingerprint density at radius 1 is 1.00 bits per heavy atom. The van der Waals surface area contributed by atoms with Crippen molar-refractivity contribution in [1.29, 1.82) is 0 Å². The molecule has 0 aromatic heterocycles. The highest BCUT2D eigenvalue weighted by Gasteiger charge is 2.52. The van der Waals surface area contributed by atoms with Gasteiger partial charge in [0.1, 0.15) is 0 Å². The quantitative estimate of drug-likeness (QED) is 0.479. The van der Waals surface area contributed by atoms with E-state index in [1.807, 2.05) is 18.2 Å². The average molecular weight is 558 g/mol. The zero-order valence-corrected chi connectivity index (χ0v) is 23.6. The number of carbonyl (C=O) groups excluding carboxylic acids is 2. The molecule has 0 bridgehead atoms. The van der Waals surface area contributed by atoms with Gasteiger partial charge in [-0.3, -0.25) is 9.59 Å². The fraction of sp³-hybridized carbons (Fsp3) is 0.700. The van der Waals surface area contributed by atoms with Gasteiger partial charge in [0.15, 0.2) is 11.5 Å². The van der Waals surface area contributed by atoms with Crippen LogP contribution in [0.2, 0.25) is 0 Å². The topological polar surface area (TPSA) is 121 Å². The Morgan fingerprint density at radius 2 is 1.75 bits per heavy atom. The monoisotopic (exact) mass is 557 g/mol. The molecule has 1 aromatic carbocycles. The molecule has 3 heterocycles. The Balaban J connectivity index is 1.38. The summed E-state index contributed by atoms with van der Waals surface area (Å²) in [6.45, 7) is 1.61. The van der Waals surface area contributed by atoms with Gasteiger partial charge in [-0.05, 0) is 81.9 Å². The molecule has 40 heavy (non-hydrogen) atoms. The van der Waals surface area contributed by atoms with Gasteiger partial charge >= 0.3 is 0 Å². The van der Waals surface area contributed by atoms with E-state index in [4.69, 9.17) is 14.3 Å². The van der Waals surface area contributed by atoms with E-state index in [9.17, 15) is 19.8 Å². The van der Waals surface area contributed by atoms with E-state index in [-0.39, 0.29) is 55.9 Å². The summed E-state index contributed by atoms with van der Waals surface area (Å²) in [5.41, 5.74) is -0.133. The molecular formula is C30H43N3O7. The lowest BCUT2D eigenvalue weighted by atomic mass is 9.87. The second kappa shape index (κ2) is 12.8. The molecule has 220 valence electrons. The van der Waals surface area contributed by atoms with E-state index < -0.39 is 5.60 Å². The van der Waals surface area contributed by atoms with E-state index >= 15 is 0 Å². The van der Waals surface area contributed by atoms with Crippen molar-refractivity contribution in [3.8, 4) is 11.5 Å². The van der Waals surface area contributed by atoms with Gasteiger partial charge in [0.25, 0.3) is 5.91 Å². The number of likely N-dealkylation sites (tertiary alicyclic amines) is 2. The van der Waals surface area contributed by atoms with Crippen molar-refractivity contribution in [2.45, 2.75) is 88.4 Å². The van der Waals surface area contributed by atoms with Crippen LogP contribution < -0.4 is 9.47 Å². The van der Waals surface area contributed by atoms with Gasteiger partial charge in [-0.15, -0.1) is 0 Å². The fourth-order valence-corrected chi connectivity index (χ4v) is 6.49. The molecule has 0 radical (unpaired) electrons. The second-order valence-electron chi connectivity index (χ2n) is 11.7. The molecule has 10 heteroatoms. The van der Waals surface area contributed by atoms with Gasteiger partial charge in [-0.25, -0.2) is 0 Å². The summed E-state index contributed by atoms with van der Waals surface area (Å²) in [4.78, 5) is 37.2. The van der Waals surface area contributed by atoms with Crippen molar-refractivity contribution >= 4 is 17.5 Å². The first-order valence-electron chi connectivity index (χ1n) is 14.9. The van der Waals surface area contributed by atoms with Crippen LogP contribution in [0.15, 0.2) is 23.4 Å². The number of ether oxygens (including phenoxy) is 2. The van der Waals surface area contributed by atoms with E-state index in [2.05, 4.69) is 5.16 Å². The summed E-state index contributed by atoms with van der Waals surface area (Å²) in [5, 5.41) is 23.9. The minimum atomic E-state index is -1.47. The van der Waals surface area contributed by atoms with Crippen LogP contribution in [-0.4, -0.2) is 95.2 Å². The maximum absolute atomic E-state index is 14.2. The number of amides is 2. The summed E-state index contributed by atoms with van der Waals surface area (Å²) >= 11 is 0. The minimum Gasteiger partial charge on any atom is -0.493 e. The molecule has 3 aliphatic heterocycles. The Bertz CT molecular complexity index is 1080.